The lowest BCUT2D eigenvalue weighted by Crippen LogP contribution is -2.45. The van der Waals surface area contributed by atoms with E-state index in [-0.39, 0.29) is 23.3 Å². The summed E-state index contributed by atoms with van der Waals surface area (Å²) < 4.78 is 32.7. The quantitative estimate of drug-likeness (QED) is 0.806. The molecule has 0 bridgehead atoms. The van der Waals surface area contributed by atoms with Gasteiger partial charge in [-0.2, -0.15) is 4.31 Å². The monoisotopic (exact) mass is 402 g/mol. The highest BCUT2D eigenvalue weighted by molar-refractivity contribution is 7.89. The summed E-state index contributed by atoms with van der Waals surface area (Å²) >= 11 is 0. The van der Waals surface area contributed by atoms with Gasteiger partial charge in [0.1, 0.15) is 5.75 Å². The van der Waals surface area contributed by atoms with Crippen LogP contribution in [0.2, 0.25) is 0 Å². The number of sulfonamides is 1. The molecule has 0 saturated carbocycles. The molecule has 1 aliphatic heterocycles. The molecule has 1 amide bonds. The SMILES string of the molecule is COc1ccc(S(=O)(=O)N2CCCC(C(=O)NCc3ccccc3)C2)cc1C. The van der Waals surface area contributed by atoms with Crippen LogP contribution < -0.4 is 10.1 Å². The first-order chi connectivity index (χ1) is 13.4. The first-order valence-corrected chi connectivity index (χ1v) is 10.8. The average molecular weight is 403 g/mol. The minimum Gasteiger partial charge on any atom is -0.496 e. The summed E-state index contributed by atoms with van der Waals surface area (Å²) in [4.78, 5) is 12.8. The molecular formula is C21H26N2O4S. The molecule has 1 unspecified atom stereocenters. The second kappa shape index (κ2) is 8.75. The van der Waals surface area contributed by atoms with Gasteiger partial charge < -0.3 is 10.1 Å². The Morgan fingerprint density at radius 1 is 1.21 bits per heavy atom. The van der Waals surface area contributed by atoms with Crippen LogP contribution in [-0.4, -0.2) is 38.8 Å². The lowest BCUT2D eigenvalue weighted by atomic mass is 9.99. The Morgan fingerprint density at radius 2 is 1.96 bits per heavy atom. The van der Waals surface area contributed by atoms with Crippen molar-refractivity contribution >= 4 is 15.9 Å². The minimum absolute atomic E-state index is 0.102. The summed E-state index contributed by atoms with van der Waals surface area (Å²) in [7, 11) is -2.09. The molecule has 6 nitrogen and oxygen atoms in total. The molecule has 3 rings (SSSR count). The number of hydrogen-bond donors (Lipinski definition) is 1. The zero-order chi connectivity index (χ0) is 20.1. The van der Waals surface area contributed by atoms with Crippen LogP contribution in [-0.2, 0) is 21.4 Å². The summed E-state index contributed by atoms with van der Waals surface area (Å²) in [5.41, 5.74) is 1.78. The third kappa shape index (κ3) is 4.54. The van der Waals surface area contributed by atoms with Gasteiger partial charge in [0, 0.05) is 19.6 Å². The van der Waals surface area contributed by atoms with E-state index in [1.54, 1.807) is 25.3 Å². The number of aryl methyl sites for hydroxylation is 1. The van der Waals surface area contributed by atoms with Crippen molar-refractivity contribution in [2.24, 2.45) is 5.92 Å². The summed E-state index contributed by atoms with van der Waals surface area (Å²) in [5, 5.41) is 2.93. The molecule has 2 aromatic carbocycles. The molecule has 1 aliphatic rings. The lowest BCUT2D eigenvalue weighted by molar-refractivity contribution is -0.126. The number of carbonyl (C=O) groups is 1. The van der Waals surface area contributed by atoms with Crippen molar-refractivity contribution in [1.29, 1.82) is 0 Å². The number of amides is 1. The number of ether oxygens (including phenoxy) is 1. The van der Waals surface area contributed by atoms with Crippen LogP contribution in [0.5, 0.6) is 5.75 Å². The van der Waals surface area contributed by atoms with E-state index >= 15 is 0 Å². The Morgan fingerprint density at radius 3 is 2.64 bits per heavy atom. The zero-order valence-electron chi connectivity index (χ0n) is 16.2. The predicted molar refractivity (Wildman–Crippen MR) is 108 cm³/mol. The van der Waals surface area contributed by atoms with E-state index in [4.69, 9.17) is 4.74 Å². The molecule has 1 fully saturated rings. The molecular weight excluding hydrogens is 376 g/mol. The lowest BCUT2D eigenvalue weighted by Gasteiger charge is -2.31. The van der Waals surface area contributed by atoms with Crippen LogP contribution in [0.3, 0.4) is 0 Å². The number of carbonyl (C=O) groups excluding carboxylic acids is 1. The number of rotatable bonds is 6. The standard InChI is InChI=1S/C21H26N2O4S/c1-16-13-19(10-11-20(16)27-2)28(25,26)23-12-6-9-18(15-23)21(24)22-14-17-7-4-3-5-8-17/h3-5,7-8,10-11,13,18H,6,9,12,14-15H2,1-2H3,(H,22,24). The smallest absolute Gasteiger partial charge is 0.243 e. The van der Waals surface area contributed by atoms with Crippen molar-refractivity contribution in [3.8, 4) is 5.75 Å². The van der Waals surface area contributed by atoms with E-state index in [1.807, 2.05) is 37.3 Å². The Bertz CT molecular complexity index is 929. The van der Waals surface area contributed by atoms with Crippen molar-refractivity contribution in [3.05, 3.63) is 59.7 Å². The molecule has 28 heavy (non-hydrogen) atoms. The summed E-state index contributed by atoms with van der Waals surface area (Å²) in [6, 6.07) is 14.5. The van der Waals surface area contributed by atoms with Gasteiger partial charge in [0.05, 0.1) is 17.9 Å². The van der Waals surface area contributed by atoms with Crippen LogP contribution in [0, 0.1) is 12.8 Å². The van der Waals surface area contributed by atoms with Gasteiger partial charge in [-0.15, -0.1) is 0 Å². The molecule has 7 heteroatoms. The number of piperidine rings is 1. The van der Waals surface area contributed by atoms with Crippen LogP contribution >= 0.6 is 0 Å². The van der Waals surface area contributed by atoms with Gasteiger partial charge in [0.15, 0.2) is 0 Å². The van der Waals surface area contributed by atoms with Crippen LogP contribution in [0.1, 0.15) is 24.0 Å². The first-order valence-electron chi connectivity index (χ1n) is 9.38. The van der Waals surface area contributed by atoms with Crippen molar-refractivity contribution in [2.75, 3.05) is 20.2 Å². The number of nitrogens with one attached hydrogen (secondary N) is 1. The van der Waals surface area contributed by atoms with Gasteiger partial charge in [0.2, 0.25) is 15.9 Å². The van der Waals surface area contributed by atoms with Crippen molar-refractivity contribution in [2.45, 2.75) is 31.2 Å². The Balaban J connectivity index is 1.68. The highest BCUT2D eigenvalue weighted by Crippen LogP contribution is 2.27. The summed E-state index contributed by atoms with van der Waals surface area (Å²) in [6.45, 7) is 2.89. The molecule has 1 atom stereocenters. The molecule has 0 spiro atoms. The first kappa shape index (κ1) is 20.4. The van der Waals surface area contributed by atoms with Gasteiger partial charge in [-0.25, -0.2) is 8.42 Å². The molecule has 2 aromatic rings. The number of hydrogen-bond acceptors (Lipinski definition) is 4. The van der Waals surface area contributed by atoms with E-state index in [9.17, 15) is 13.2 Å². The molecule has 1 N–H and O–H groups in total. The van der Waals surface area contributed by atoms with E-state index in [1.165, 1.54) is 4.31 Å². The highest BCUT2D eigenvalue weighted by Gasteiger charge is 2.33. The maximum absolute atomic E-state index is 13.0. The van der Waals surface area contributed by atoms with Gasteiger partial charge in [-0.05, 0) is 49.1 Å². The molecule has 0 aromatic heterocycles. The van der Waals surface area contributed by atoms with Crippen molar-refractivity contribution in [1.82, 2.24) is 9.62 Å². The van der Waals surface area contributed by atoms with E-state index < -0.39 is 10.0 Å². The third-order valence-electron chi connectivity index (χ3n) is 5.07. The normalized spacial score (nSPS) is 17.9. The number of benzene rings is 2. The van der Waals surface area contributed by atoms with E-state index in [2.05, 4.69) is 5.32 Å². The van der Waals surface area contributed by atoms with Crippen molar-refractivity contribution < 1.29 is 17.9 Å². The largest absolute Gasteiger partial charge is 0.496 e. The maximum Gasteiger partial charge on any atom is 0.243 e. The Hall–Kier alpha value is -2.38. The molecule has 0 aliphatic carbocycles. The summed E-state index contributed by atoms with van der Waals surface area (Å²) in [6.07, 6.45) is 1.35. The van der Waals surface area contributed by atoms with Gasteiger partial charge in [-0.3, -0.25) is 4.79 Å². The fraction of sp³-hybridized carbons (Fsp3) is 0.381. The number of methoxy groups -OCH3 is 1. The predicted octanol–water partition coefficient (Wildman–Crippen LogP) is 2.72. The Kier molecular flexibility index (Phi) is 6.36. The van der Waals surface area contributed by atoms with Gasteiger partial charge >= 0.3 is 0 Å². The Labute approximate surface area is 166 Å². The third-order valence-corrected chi connectivity index (χ3v) is 6.93. The fourth-order valence-electron chi connectivity index (χ4n) is 3.46. The molecule has 1 heterocycles. The second-order valence-corrected chi connectivity index (χ2v) is 8.97. The minimum atomic E-state index is -3.65. The van der Waals surface area contributed by atoms with E-state index in [0.717, 1.165) is 11.1 Å². The van der Waals surface area contributed by atoms with Crippen LogP contribution in [0.4, 0.5) is 0 Å². The van der Waals surface area contributed by atoms with E-state index in [0.29, 0.717) is 31.7 Å². The molecule has 0 radical (unpaired) electrons. The molecule has 1 saturated heterocycles. The topological polar surface area (TPSA) is 75.7 Å². The summed E-state index contributed by atoms with van der Waals surface area (Å²) in [5.74, 6) is 0.206. The highest BCUT2D eigenvalue weighted by atomic mass is 32.2. The van der Waals surface area contributed by atoms with Gasteiger partial charge in [-0.1, -0.05) is 30.3 Å². The second-order valence-electron chi connectivity index (χ2n) is 7.04. The van der Waals surface area contributed by atoms with Crippen molar-refractivity contribution in [3.63, 3.8) is 0 Å². The molecule has 150 valence electrons. The maximum atomic E-state index is 13.0. The van der Waals surface area contributed by atoms with Crippen LogP contribution in [0.15, 0.2) is 53.4 Å². The van der Waals surface area contributed by atoms with Gasteiger partial charge in [0.25, 0.3) is 0 Å². The van der Waals surface area contributed by atoms with Crippen LogP contribution in [0.25, 0.3) is 0 Å². The zero-order valence-corrected chi connectivity index (χ0v) is 17.0. The number of nitrogens with zero attached hydrogens (tertiary/aromatic N) is 1. The average Bonchev–Trinajstić information content (AvgIpc) is 2.72. The fourth-order valence-corrected chi connectivity index (χ4v) is 5.07.